The van der Waals surface area contributed by atoms with Crippen LogP contribution in [-0.4, -0.2) is 19.5 Å². The third kappa shape index (κ3) is 8.04. The molecule has 0 aliphatic heterocycles. The van der Waals surface area contributed by atoms with Crippen LogP contribution in [0.25, 0.3) is 83.8 Å². The van der Waals surface area contributed by atoms with Gasteiger partial charge in [0.25, 0.3) is 0 Å². The van der Waals surface area contributed by atoms with E-state index < -0.39 is 6.85 Å². The molecule has 0 fully saturated rings. The Morgan fingerprint density at radius 3 is 2.13 bits per heavy atom. The molecule has 0 atom stereocenters. The van der Waals surface area contributed by atoms with Gasteiger partial charge in [-0.05, 0) is 105 Å². The van der Waals surface area contributed by atoms with Crippen molar-refractivity contribution in [3.63, 3.8) is 0 Å². The van der Waals surface area contributed by atoms with Gasteiger partial charge in [0.2, 0.25) is 5.71 Å². The number of furan rings is 1. The average molecular weight is 1060 g/mol. The second kappa shape index (κ2) is 17.6. The number of aryl methyl sites for hydroxylation is 1. The molecule has 0 spiro atoms. The molecule has 4 heterocycles. The van der Waals surface area contributed by atoms with Crippen molar-refractivity contribution in [2.75, 3.05) is 0 Å². The summed E-state index contributed by atoms with van der Waals surface area (Å²) in [6, 6.07) is 53.8. The van der Waals surface area contributed by atoms with Crippen molar-refractivity contribution in [2.45, 2.75) is 91.8 Å². The molecule has 0 N–H and O–H groups in total. The Kier molecular flexibility index (Phi) is 11.0. The number of hydrogen-bond donors (Lipinski definition) is 0. The van der Waals surface area contributed by atoms with E-state index in [1.54, 1.807) is 12.1 Å². The van der Waals surface area contributed by atoms with Gasteiger partial charge in [-0.25, -0.2) is 4.98 Å². The summed E-state index contributed by atoms with van der Waals surface area (Å²) in [6.45, 7) is 17.5. The van der Waals surface area contributed by atoms with Crippen molar-refractivity contribution in [3.05, 3.63) is 191 Å². The van der Waals surface area contributed by atoms with Crippen LogP contribution >= 0.6 is 0 Å². The molecule has 1 aliphatic rings. The van der Waals surface area contributed by atoms with Gasteiger partial charge in [0.1, 0.15) is 0 Å². The van der Waals surface area contributed by atoms with E-state index in [1.165, 1.54) is 16.7 Å². The Morgan fingerprint density at radius 1 is 0.701 bits per heavy atom. The second-order valence-electron chi connectivity index (χ2n) is 19.7. The van der Waals surface area contributed by atoms with Gasteiger partial charge in [0.05, 0.1) is 28.1 Å². The molecule has 1 radical (unpaired) electrons. The number of para-hydroxylation sites is 1. The molecule has 6 heteroatoms. The fourth-order valence-electron chi connectivity index (χ4n) is 9.62. The van der Waals surface area contributed by atoms with E-state index in [-0.39, 0.29) is 48.3 Å². The zero-order valence-corrected chi connectivity index (χ0v) is 41.9. The molecular formula is C61H56IrN4O-2. The first-order valence-corrected chi connectivity index (χ1v) is 23.0. The first-order chi connectivity index (χ1) is 32.9. The summed E-state index contributed by atoms with van der Waals surface area (Å²) >= 11 is 0. The minimum Gasteiger partial charge on any atom is -0.486 e. The van der Waals surface area contributed by atoms with Crippen LogP contribution in [-0.2, 0) is 30.9 Å². The standard InChI is InChI=1S/C46H40N3O.C15H16N.Ir/c1-26(2)34-23-30(29-16-9-8-10-17-29)24-35(27(3)4)42(34)49-41-28(5)15-13-22-39(41)47-44(49)33-20-14-19-31-36-25-38-40(48-45(36)50-43(31)33)32-18-11-12-21-37(32)46(38,6)7;1-15(2,3)13-9-10-16-14(11-13)12-7-5-4-6-8-12;/h8-19,21-27H,1-7H3;4-7,9-11H,1-3H3;/q2*-1;/i5D3;;. The predicted molar refractivity (Wildman–Crippen MR) is 274 cm³/mol. The number of aromatic nitrogens is 4. The molecule has 1 aliphatic carbocycles. The van der Waals surface area contributed by atoms with Gasteiger partial charge in [-0.1, -0.05) is 146 Å². The molecule has 6 aromatic carbocycles. The average Bonchev–Trinajstić information content (AvgIpc) is 3.98. The van der Waals surface area contributed by atoms with E-state index >= 15 is 0 Å². The number of fused-ring (bicyclic) bond motifs is 7. The summed E-state index contributed by atoms with van der Waals surface area (Å²) in [6.07, 6.45) is 1.87. The fraction of sp³-hybridized carbons (Fsp3) is 0.230. The topological polar surface area (TPSA) is 56.7 Å². The summed E-state index contributed by atoms with van der Waals surface area (Å²) in [5.41, 5.74) is 16.4. The number of nitrogens with zero attached hydrogens (tertiary/aromatic N) is 4. The normalized spacial score (nSPS) is 13.7. The molecule has 0 amide bonds. The van der Waals surface area contributed by atoms with Crippen molar-refractivity contribution in [1.82, 2.24) is 19.5 Å². The quantitative estimate of drug-likeness (QED) is 0.156. The van der Waals surface area contributed by atoms with Crippen molar-refractivity contribution in [3.8, 4) is 50.7 Å². The van der Waals surface area contributed by atoms with Gasteiger partial charge in [-0.2, -0.15) is 0 Å². The Morgan fingerprint density at radius 2 is 1.43 bits per heavy atom. The molecule has 67 heavy (non-hydrogen) atoms. The largest absolute Gasteiger partial charge is 0.486 e. The monoisotopic (exact) mass is 1060 g/mol. The number of rotatable bonds is 6. The first-order valence-electron chi connectivity index (χ1n) is 24.5. The maximum Gasteiger partial charge on any atom is 0.216 e. The zero-order chi connectivity index (χ0) is 48.6. The molecule has 11 rings (SSSR count). The fourth-order valence-corrected chi connectivity index (χ4v) is 9.62. The molecule has 0 bridgehead atoms. The van der Waals surface area contributed by atoms with Gasteiger partial charge in [-0.3, -0.25) is 4.98 Å². The predicted octanol–water partition coefficient (Wildman–Crippen LogP) is 16.2. The van der Waals surface area contributed by atoms with Crippen LogP contribution in [0.5, 0.6) is 0 Å². The Bertz CT molecular complexity index is 3530. The van der Waals surface area contributed by atoms with E-state index in [0.29, 0.717) is 33.7 Å². The summed E-state index contributed by atoms with van der Waals surface area (Å²) < 4.78 is 34.8. The summed E-state index contributed by atoms with van der Waals surface area (Å²) in [4.78, 5) is 14.8. The van der Waals surface area contributed by atoms with Crippen LogP contribution in [0.15, 0.2) is 150 Å². The van der Waals surface area contributed by atoms with Crippen LogP contribution in [0.2, 0.25) is 0 Å². The number of imidazole rings is 1. The zero-order valence-electron chi connectivity index (χ0n) is 42.5. The first kappa shape index (κ1) is 41.9. The van der Waals surface area contributed by atoms with E-state index in [2.05, 4.69) is 163 Å². The van der Waals surface area contributed by atoms with Crippen LogP contribution in [0.3, 0.4) is 0 Å². The molecule has 0 saturated heterocycles. The minimum atomic E-state index is -2.38. The van der Waals surface area contributed by atoms with Gasteiger partial charge < -0.3 is 14.0 Å². The molecular weight excluding hydrogens is 997 g/mol. The van der Waals surface area contributed by atoms with E-state index in [4.69, 9.17) is 18.5 Å². The molecule has 5 nitrogen and oxygen atoms in total. The van der Waals surface area contributed by atoms with Crippen molar-refractivity contribution in [1.29, 1.82) is 0 Å². The smallest absolute Gasteiger partial charge is 0.216 e. The Hall–Kier alpha value is -6.46. The maximum absolute atomic E-state index is 8.66. The summed E-state index contributed by atoms with van der Waals surface area (Å²) in [5, 5.41) is 1.84. The SMILES string of the molecule is CC(C)(C)c1ccnc(-c2[c-]cccc2)c1.[2H]C([2H])([2H])c1cccc2nc(-c3[c-]ccc4c3oc3nc5c(cc34)C(C)(C)c3ccccc3-5)n(-c3c(C(C)C)cc(-c4ccccc4)cc3C(C)C)c12.[Ir]. The van der Waals surface area contributed by atoms with Gasteiger partial charge in [-0.15, -0.1) is 54.1 Å². The second-order valence-corrected chi connectivity index (χ2v) is 19.7. The van der Waals surface area contributed by atoms with E-state index in [1.807, 2.05) is 54.7 Å². The third-order valence-electron chi connectivity index (χ3n) is 13.2. The molecule has 10 aromatic rings. The number of hydrogen-bond acceptors (Lipinski definition) is 4. The summed E-state index contributed by atoms with van der Waals surface area (Å²) in [5.74, 6) is 0.802. The van der Waals surface area contributed by atoms with Crippen LogP contribution in [0.4, 0.5) is 0 Å². The van der Waals surface area contributed by atoms with Gasteiger partial charge >= 0.3 is 0 Å². The number of benzene rings is 6. The van der Waals surface area contributed by atoms with Crippen molar-refractivity contribution >= 4 is 33.1 Å². The van der Waals surface area contributed by atoms with Crippen LogP contribution in [0.1, 0.15) is 112 Å². The number of pyridine rings is 2. The maximum atomic E-state index is 8.66. The molecule has 4 aromatic heterocycles. The summed E-state index contributed by atoms with van der Waals surface area (Å²) in [7, 11) is 0. The Labute approximate surface area is 412 Å². The molecule has 337 valence electrons. The molecule has 0 saturated carbocycles. The van der Waals surface area contributed by atoms with E-state index in [0.717, 1.165) is 61.2 Å². The van der Waals surface area contributed by atoms with Gasteiger partial charge in [0.15, 0.2) is 0 Å². The minimum absolute atomic E-state index is 0. The van der Waals surface area contributed by atoms with Crippen molar-refractivity contribution < 1.29 is 28.6 Å². The third-order valence-corrected chi connectivity index (χ3v) is 13.2. The van der Waals surface area contributed by atoms with Crippen LogP contribution < -0.4 is 0 Å². The van der Waals surface area contributed by atoms with Crippen molar-refractivity contribution in [2.24, 2.45) is 0 Å². The molecule has 0 unspecified atom stereocenters. The Balaban J connectivity index is 0.000000304. The van der Waals surface area contributed by atoms with Gasteiger partial charge in [0, 0.05) is 52.5 Å². The van der Waals surface area contributed by atoms with Crippen LogP contribution in [0, 0.1) is 19.0 Å². The van der Waals surface area contributed by atoms with E-state index in [9.17, 15) is 0 Å².